The van der Waals surface area contributed by atoms with Crippen LogP contribution >= 0.6 is 11.3 Å². The van der Waals surface area contributed by atoms with E-state index >= 15 is 0 Å². The Morgan fingerprint density at radius 2 is 2.47 bits per heavy atom. The highest BCUT2D eigenvalue weighted by atomic mass is 32.1. The quantitative estimate of drug-likeness (QED) is 0.440. The first-order valence-corrected chi connectivity index (χ1v) is 5.98. The Kier molecular flexibility index (Phi) is 3.35. The maximum absolute atomic E-state index is 11.2. The fourth-order valence-corrected chi connectivity index (χ4v) is 2.26. The summed E-state index contributed by atoms with van der Waals surface area (Å²) < 4.78 is 0. The van der Waals surface area contributed by atoms with Gasteiger partial charge in [-0.15, -0.1) is 0 Å². The van der Waals surface area contributed by atoms with Gasteiger partial charge in [-0.25, -0.2) is 5.84 Å². The predicted molar refractivity (Wildman–Crippen MR) is 60.1 cm³/mol. The molecule has 1 aromatic rings. The fourth-order valence-electron chi connectivity index (χ4n) is 1.60. The van der Waals surface area contributed by atoms with E-state index in [1.807, 2.05) is 0 Å². The van der Waals surface area contributed by atoms with Gasteiger partial charge in [0, 0.05) is 12.6 Å². The largest absolute Gasteiger partial charge is 0.293 e. The van der Waals surface area contributed by atoms with Gasteiger partial charge in [-0.3, -0.25) is 15.1 Å². The first-order valence-electron chi connectivity index (χ1n) is 5.04. The number of thiophene rings is 1. The molecule has 1 amide bonds. The van der Waals surface area contributed by atoms with Gasteiger partial charge in [0.2, 0.25) is 5.91 Å². The molecule has 0 aliphatic heterocycles. The van der Waals surface area contributed by atoms with Crippen molar-refractivity contribution in [1.29, 1.82) is 0 Å². The van der Waals surface area contributed by atoms with Crippen LogP contribution in [0.25, 0.3) is 0 Å². The summed E-state index contributed by atoms with van der Waals surface area (Å²) in [6, 6.07) is 2.67. The van der Waals surface area contributed by atoms with Crippen LogP contribution in [0.5, 0.6) is 0 Å². The molecule has 3 N–H and O–H groups in total. The molecule has 0 spiro atoms. The third-order valence-electron chi connectivity index (χ3n) is 2.54. The molecular weight excluding hydrogens is 210 g/mol. The number of carbonyl (C=O) groups excluding carboxylic acids is 1. The number of hydrogen-bond donors (Lipinski definition) is 2. The molecule has 1 aliphatic rings. The van der Waals surface area contributed by atoms with Crippen LogP contribution in [0, 0.1) is 0 Å². The van der Waals surface area contributed by atoms with Gasteiger partial charge in [0.05, 0.1) is 6.54 Å². The highest BCUT2D eigenvalue weighted by Gasteiger charge is 2.30. The first-order chi connectivity index (χ1) is 7.29. The molecule has 1 fully saturated rings. The zero-order valence-electron chi connectivity index (χ0n) is 8.48. The summed E-state index contributed by atoms with van der Waals surface area (Å²) in [6.45, 7) is 1.25. The van der Waals surface area contributed by atoms with Crippen LogP contribution in [0.3, 0.4) is 0 Å². The Morgan fingerprint density at radius 3 is 3.00 bits per heavy atom. The second kappa shape index (κ2) is 4.74. The van der Waals surface area contributed by atoms with Crippen molar-refractivity contribution in [1.82, 2.24) is 10.3 Å². The van der Waals surface area contributed by atoms with Crippen LogP contribution < -0.4 is 11.3 Å². The molecule has 0 bridgehead atoms. The second-order valence-corrected chi connectivity index (χ2v) is 4.62. The van der Waals surface area contributed by atoms with Crippen molar-refractivity contribution in [2.75, 3.05) is 6.54 Å². The van der Waals surface area contributed by atoms with E-state index in [2.05, 4.69) is 27.2 Å². The predicted octanol–water partition coefficient (Wildman–Crippen LogP) is 0.702. The highest BCUT2D eigenvalue weighted by Crippen LogP contribution is 2.28. The summed E-state index contributed by atoms with van der Waals surface area (Å²) in [7, 11) is 0. The summed E-state index contributed by atoms with van der Waals surface area (Å²) in [6.07, 6.45) is 2.39. The monoisotopic (exact) mass is 225 g/mol. The highest BCUT2D eigenvalue weighted by molar-refractivity contribution is 7.07. The van der Waals surface area contributed by atoms with Crippen molar-refractivity contribution in [3.63, 3.8) is 0 Å². The van der Waals surface area contributed by atoms with Crippen molar-refractivity contribution in [3.8, 4) is 0 Å². The number of amides is 1. The van der Waals surface area contributed by atoms with Gasteiger partial charge < -0.3 is 0 Å². The lowest BCUT2D eigenvalue weighted by atomic mass is 10.3. The van der Waals surface area contributed by atoms with E-state index in [1.165, 1.54) is 18.4 Å². The molecule has 1 aliphatic carbocycles. The van der Waals surface area contributed by atoms with Gasteiger partial charge >= 0.3 is 0 Å². The fraction of sp³-hybridized carbons (Fsp3) is 0.500. The van der Waals surface area contributed by atoms with Gasteiger partial charge in [-0.2, -0.15) is 11.3 Å². The molecule has 2 rings (SSSR count). The molecule has 0 saturated heterocycles. The van der Waals surface area contributed by atoms with Crippen LogP contribution in [0.2, 0.25) is 0 Å². The SMILES string of the molecule is NNC(=O)CN(Cc1ccsc1)C1CC1. The van der Waals surface area contributed by atoms with Gasteiger partial charge in [-0.1, -0.05) is 0 Å². The lowest BCUT2D eigenvalue weighted by molar-refractivity contribution is -0.122. The summed E-state index contributed by atoms with van der Waals surface area (Å²) in [4.78, 5) is 13.4. The summed E-state index contributed by atoms with van der Waals surface area (Å²) in [5, 5.41) is 4.18. The normalized spacial score (nSPS) is 15.6. The number of rotatable bonds is 5. The molecule has 4 nitrogen and oxygen atoms in total. The molecule has 1 heterocycles. The van der Waals surface area contributed by atoms with E-state index in [0.29, 0.717) is 12.6 Å². The van der Waals surface area contributed by atoms with Gasteiger partial charge in [-0.05, 0) is 35.2 Å². The Labute approximate surface area is 93.0 Å². The van der Waals surface area contributed by atoms with E-state index in [1.54, 1.807) is 11.3 Å². The molecule has 5 heteroatoms. The van der Waals surface area contributed by atoms with Crippen LogP contribution in [0.4, 0.5) is 0 Å². The van der Waals surface area contributed by atoms with Crippen LogP contribution in [-0.4, -0.2) is 23.4 Å². The average Bonchev–Trinajstić information content (AvgIpc) is 2.97. The molecular formula is C10H15N3OS. The van der Waals surface area contributed by atoms with Gasteiger partial charge in [0.1, 0.15) is 0 Å². The van der Waals surface area contributed by atoms with Crippen molar-refractivity contribution >= 4 is 17.2 Å². The number of nitrogens with one attached hydrogen (secondary N) is 1. The number of nitrogens with zero attached hydrogens (tertiary/aromatic N) is 1. The second-order valence-electron chi connectivity index (χ2n) is 3.84. The lowest BCUT2D eigenvalue weighted by Gasteiger charge is -2.19. The third kappa shape index (κ3) is 3.02. The van der Waals surface area contributed by atoms with E-state index in [4.69, 9.17) is 5.84 Å². The Bertz CT molecular complexity index is 321. The van der Waals surface area contributed by atoms with E-state index in [-0.39, 0.29) is 5.91 Å². The summed E-state index contributed by atoms with van der Waals surface area (Å²) >= 11 is 1.69. The number of carbonyl (C=O) groups is 1. The minimum absolute atomic E-state index is 0.114. The molecule has 82 valence electrons. The lowest BCUT2D eigenvalue weighted by Crippen LogP contribution is -2.41. The third-order valence-corrected chi connectivity index (χ3v) is 3.27. The van der Waals surface area contributed by atoms with Crippen molar-refractivity contribution < 1.29 is 4.79 Å². The molecule has 1 aromatic heterocycles. The summed E-state index contributed by atoms with van der Waals surface area (Å²) in [5.41, 5.74) is 3.45. The van der Waals surface area contributed by atoms with Crippen LogP contribution in [-0.2, 0) is 11.3 Å². The van der Waals surface area contributed by atoms with E-state index in [0.717, 1.165) is 6.54 Å². The molecule has 0 radical (unpaired) electrons. The van der Waals surface area contributed by atoms with E-state index < -0.39 is 0 Å². The van der Waals surface area contributed by atoms with Crippen molar-refractivity contribution in [2.45, 2.75) is 25.4 Å². The Morgan fingerprint density at radius 1 is 1.67 bits per heavy atom. The minimum atomic E-state index is -0.114. The molecule has 0 atom stereocenters. The topological polar surface area (TPSA) is 58.4 Å². The Balaban J connectivity index is 1.91. The van der Waals surface area contributed by atoms with Gasteiger partial charge in [0.15, 0.2) is 0 Å². The van der Waals surface area contributed by atoms with Crippen molar-refractivity contribution in [3.05, 3.63) is 22.4 Å². The molecule has 15 heavy (non-hydrogen) atoms. The smallest absolute Gasteiger partial charge is 0.248 e. The standard InChI is InChI=1S/C10H15N3OS/c11-12-10(14)6-13(9-1-2-9)5-8-3-4-15-7-8/h3-4,7,9H,1-2,5-6,11H2,(H,12,14). The maximum atomic E-state index is 11.2. The number of hydrazine groups is 1. The zero-order valence-corrected chi connectivity index (χ0v) is 9.30. The van der Waals surface area contributed by atoms with Crippen LogP contribution in [0.15, 0.2) is 16.8 Å². The number of hydrogen-bond acceptors (Lipinski definition) is 4. The average molecular weight is 225 g/mol. The Hall–Kier alpha value is -0.910. The van der Waals surface area contributed by atoms with Crippen molar-refractivity contribution in [2.24, 2.45) is 5.84 Å². The van der Waals surface area contributed by atoms with Gasteiger partial charge in [0.25, 0.3) is 0 Å². The first kappa shape index (κ1) is 10.6. The molecule has 0 aromatic carbocycles. The molecule has 0 unspecified atom stereocenters. The van der Waals surface area contributed by atoms with Crippen LogP contribution in [0.1, 0.15) is 18.4 Å². The zero-order chi connectivity index (χ0) is 10.7. The molecule has 1 saturated carbocycles. The number of nitrogens with two attached hydrogens (primary N) is 1. The summed E-state index contributed by atoms with van der Waals surface area (Å²) in [5.74, 6) is 4.98. The maximum Gasteiger partial charge on any atom is 0.248 e. The van der Waals surface area contributed by atoms with E-state index in [9.17, 15) is 4.79 Å². The minimum Gasteiger partial charge on any atom is -0.293 e.